The van der Waals surface area contributed by atoms with E-state index in [1.807, 2.05) is 44.4 Å². The molecule has 0 spiro atoms. The highest BCUT2D eigenvalue weighted by atomic mass is 15.1. The minimum atomic E-state index is 0.437. The number of anilines is 1. The fourth-order valence-corrected chi connectivity index (χ4v) is 4.26. The number of aromatic nitrogens is 2. The summed E-state index contributed by atoms with van der Waals surface area (Å²) in [4.78, 5) is 16.0. The van der Waals surface area contributed by atoms with Crippen molar-refractivity contribution in [3.05, 3.63) is 66.5 Å². The maximum atomic E-state index is 5.03. The highest BCUT2D eigenvalue weighted by Crippen LogP contribution is 2.29. The van der Waals surface area contributed by atoms with E-state index in [-0.39, 0.29) is 0 Å². The summed E-state index contributed by atoms with van der Waals surface area (Å²) < 4.78 is 0. The van der Waals surface area contributed by atoms with Crippen LogP contribution in [0, 0.1) is 0 Å². The third-order valence-electron chi connectivity index (χ3n) is 5.95. The van der Waals surface area contributed by atoms with Crippen molar-refractivity contribution in [3.63, 3.8) is 0 Å². The smallest absolute Gasteiger partial charge is 0.161 e. The van der Waals surface area contributed by atoms with E-state index in [4.69, 9.17) is 9.97 Å². The van der Waals surface area contributed by atoms with Gasteiger partial charge in [-0.3, -0.25) is 4.99 Å². The predicted octanol–water partition coefficient (Wildman–Crippen LogP) is 6.47. The van der Waals surface area contributed by atoms with Gasteiger partial charge >= 0.3 is 0 Å². The van der Waals surface area contributed by atoms with Gasteiger partial charge in [0.05, 0.1) is 0 Å². The molecule has 2 aromatic rings. The number of allylic oxidation sites excluding steroid dienone is 4. The molecule has 0 unspecified atom stereocenters. The summed E-state index contributed by atoms with van der Waals surface area (Å²) in [5.41, 5.74) is 5.16. The Labute approximate surface area is 199 Å². The summed E-state index contributed by atoms with van der Waals surface area (Å²) in [5, 5.41) is 3.76. The van der Waals surface area contributed by atoms with Crippen LogP contribution in [0.5, 0.6) is 0 Å². The Bertz CT molecular complexity index is 1020. The Kier molecular flexibility index (Phi) is 8.99. The molecule has 1 aromatic heterocycles. The third kappa shape index (κ3) is 6.64. The van der Waals surface area contributed by atoms with Gasteiger partial charge in [0.15, 0.2) is 5.82 Å². The van der Waals surface area contributed by atoms with Gasteiger partial charge in [-0.2, -0.15) is 0 Å². The van der Waals surface area contributed by atoms with E-state index in [2.05, 4.69) is 53.4 Å². The van der Waals surface area contributed by atoms with Gasteiger partial charge in [-0.05, 0) is 37.0 Å². The molecule has 0 atom stereocenters. The molecule has 1 aliphatic carbocycles. The van der Waals surface area contributed by atoms with Crippen LogP contribution >= 0.6 is 0 Å². The molecule has 1 saturated carbocycles. The van der Waals surface area contributed by atoms with Gasteiger partial charge in [0.1, 0.15) is 5.82 Å². The first-order valence-electron chi connectivity index (χ1n) is 11.9. The molecule has 1 aliphatic rings. The van der Waals surface area contributed by atoms with Gasteiger partial charge in [-0.15, -0.1) is 0 Å². The van der Waals surface area contributed by atoms with Crippen molar-refractivity contribution in [3.8, 4) is 11.4 Å². The zero-order valence-electron chi connectivity index (χ0n) is 20.5. The number of hydrogen-bond acceptors (Lipinski definition) is 5. The van der Waals surface area contributed by atoms with Crippen LogP contribution in [0.2, 0.25) is 0 Å². The molecule has 33 heavy (non-hydrogen) atoms. The summed E-state index contributed by atoms with van der Waals surface area (Å²) in [6.07, 6.45) is 17.3. The molecule has 0 radical (unpaired) electrons. The third-order valence-corrected chi connectivity index (χ3v) is 5.95. The van der Waals surface area contributed by atoms with Crippen LogP contribution in [-0.2, 0) is 0 Å². The van der Waals surface area contributed by atoms with Crippen molar-refractivity contribution in [2.24, 2.45) is 4.99 Å². The van der Waals surface area contributed by atoms with Gasteiger partial charge < -0.3 is 10.2 Å². The van der Waals surface area contributed by atoms with Gasteiger partial charge in [0.25, 0.3) is 0 Å². The predicted molar refractivity (Wildman–Crippen MR) is 143 cm³/mol. The maximum absolute atomic E-state index is 5.03. The molecule has 0 saturated heterocycles. The van der Waals surface area contributed by atoms with E-state index in [1.165, 1.54) is 38.5 Å². The zero-order valence-corrected chi connectivity index (χ0v) is 20.5. The Morgan fingerprint density at radius 3 is 2.55 bits per heavy atom. The minimum absolute atomic E-state index is 0.437. The zero-order chi connectivity index (χ0) is 23.6. The largest absolute Gasteiger partial charge is 0.383 e. The normalized spacial score (nSPS) is 16.0. The second kappa shape index (κ2) is 12.1. The van der Waals surface area contributed by atoms with E-state index in [1.54, 1.807) is 7.05 Å². The fourth-order valence-electron chi connectivity index (χ4n) is 4.26. The minimum Gasteiger partial charge on any atom is -0.383 e. The summed E-state index contributed by atoms with van der Waals surface area (Å²) in [7, 11) is 5.82. The summed E-state index contributed by atoms with van der Waals surface area (Å²) in [6.45, 7) is 6.01. The lowest BCUT2D eigenvalue weighted by atomic mass is 10.0. The molecule has 1 heterocycles. The molecule has 3 rings (SSSR count). The summed E-state index contributed by atoms with van der Waals surface area (Å²) >= 11 is 0. The van der Waals surface area contributed by atoms with Crippen LogP contribution in [0.25, 0.3) is 22.5 Å². The van der Waals surface area contributed by atoms with Gasteiger partial charge in [0.2, 0.25) is 0 Å². The van der Waals surface area contributed by atoms with Crippen LogP contribution in [-0.4, -0.2) is 48.3 Å². The second-order valence-electron chi connectivity index (χ2n) is 8.75. The lowest BCUT2D eigenvalue weighted by Gasteiger charge is -2.20. The first-order valence-corrected chi connectivity index (χ1v) is 11.9. The van der Waals surface area contributed by atoms with Crippen LogP contribution in [0.1, 0.15) is 56.6 Å². The average molecular weight is 444 g/mol. The van der Waals surface area contributed by atoms with E-state index in [9.17, 15) is 0 Å². The number of nitrogens with zero attached hydrogens (tertiary/aromatic N) is 4. The lowest BCUT2D eigenvalue weighted by Crippen LogP contribution is -2.20. The topological polar surface area (TPSA) is 53.4 Å². The van der Waals surface area contributed by atoms with E-state index < -0.39 is 0 Å². The molecule has 5 nitrogen and oxygen atoms in total. The molecule has 0 aliphatic heterocycles. The van der Waals surface area contributed by atoms with E-state index >= 15 is 0 Å². The molecule has 1 N–H and O–H groups in total. The van der Waals surface area contributed by atoms with Crippen molar-refractivity contribution in [1.29, 1.82) is 0 Å². The second-order valence-corrected chi connectivity index (χ2v) is 8.75. The van der Waals surface area contributed by atoms with Crippen molar-refractivity contribution in [2.45, 2.75) is 51.5 Å². The Morgan fingerprint density at radius 2 is 1.91 bits per heavy atom. The maximum Gasteiger partial charge on any atom is 0.161 e. The van der Waals surface area contributed by atoms with Gasteiger partial charge in [0, 0.05) is 62.5 Å². The first-order chi connectivity index (χ1) is 16.0. The van der Waals surface area contributed by atoms with Crippen LogP contribution in [0.3, 0.4) is 0 Å². The van der Waals surface area contributed by atoms with Crippen molar-refractivity contribution >= 4 is 23.2 Å². The highest BCUT2D eigenvalue weighted by Gasteiger charge is 2.17. The number of nitrogens with one attached hydrogen (secondary N) is 1. The molecule has 174 valence electrons. The monoisotopic (exact) mass is 443 g/mol. The van der Waals surface area contributed by atoms with E-state index in [0.29, 0.717) is 11.9 Å². The average Bonchev–Trinajstić information content (AvgIpc) is 3.10. The van der Waals surface area contributed by atoms with Gasteiger partial charge in [-0.25, -0.2) is 9.97 Å². The van der Waals surface area contributed by atoms with Crippen LogP contribution in [0.15, 0.2) is 60.4 Å². The summed E-state index contributed by atoms with van der Waals surface area (Å²) in [6, 6.07) is 8.77. The number of rotatable bonds is 8. The Hall–Kier alpha value is -3.21. The SMILES string of the molecule is C=C/C(=C\N(C)C)c1cccc(-c2ncc(/C(C=NC)=C/C)c(NC3CCCCCC3)n2)c1. The molecule has 0 bridgehead atoms. The number of hydrogen-bond donors (Lipinski definition) is 1. The van der Waals surface area contributed by atoms with Crippen LogP contribution in [0.4, 0.5) is 5.82 Å². The lowest BCUT2D eigenvalue weighted by molar-refractivity contribution is 0.566. The molecular weight excluding hydrogens is 406 g/mol. The quantitative estimate of drug-likeness (QED) is 0.288. The van der Waals surface area contributed by atoms with E-state index in [0.717, 1.165) is 33.7 Å². The first kappa shape index (κ1) is 24.4. The standard InChI is InChI=1S/C28H37N5/c1-6-21(18-29-3)26-19-30-27(32-28(26)31-25-15-10-8-9-11-16-25)24-14-12-13-23(17-24)22(7-2)20-33(4)5/h6-7,12-14,17-20,25H,2,8-11,15-16H2,1,3-5H3,(H,30,31,32)/b21-6+,22-20+,29-18?. The van der Waals surface area contributed by atoms with Crippen molar-refractivity contribution < 1.29 is 0 Å². The highest BCUT2D eigenvalue weighted by molar-refractivity contribution is 6.11. The molecular formula is C28H37N5. The number of aliphatic imine (C=N–C) groups is 1. The molecule has 1 aromatic carbocycles. The van der Waals surface area contributed by atoms with Crippen LogP contribution < -0.4 is 5.32 Å². The molecule has 1 fully saturated rings. The molecule has 0 amide bonds. The Morgan fingerprint density at radius 1 is 1.15 bits per heavy atom. The molecule has 5 heteroatoms. The summed E-state index contributed by atoms with van der Waals surface area (Å²) in [5.74, 6) is 1.60. The van der Waals surface area contributed by atoms with Crippen molar-refractivity contribution in [1.82, 2.24) is 14.9 Å². The Balaban J connectivity index is 2.03. The fraction of sp³-hybridized carbons (Fsp3) is 0.393. The number of benzene rings is 1. The van der Waals surface area contributed by atoms with Crippen molar-refractivity contribution in [2.75, 3.05) is 26.5 Å². The van der Waals surface area contributed by atoms with Gasteiger partial charge in [-0.1, -0.05) is 62.6 Å².